The minimum Gasteiger partial charge on any atom is -0.489 e. The minimum atomic E-state index is -0.552. The summed E-state index contributed by atoms with van der Waals surface area (Å²) >= 11 is 0. The molecule has 8 heteroatoms. The minimum absolute atomic E-state index is 0.0215. The van der Waals surface area contributed by atoms with E-state index in [4.69, 9.17) is 9.47 Å². The second kappa shape index (κ2) is 9.43. The van der Waals surface area contributed by atoms with E-state index in [1.165, 1.54) is 13.0 Å². The molecular weight excluding hydrogens is 350 g/mol. The van der Waals surface area contributed by atoms with Crippen molar-refractivity contribution >= 4 is 6.09 Å². The molecule has 0 aliphatic carbocycles. The quantitative estimate of drug-likeness (QED) is 0.549. The number of amides is 1. The highest BCUT2D eigenvalue weighted by Crippen LogP contribution is 2.28. The average Bonchev–Trinajstić information content (AvgIpc) is 2.61. The summed E-state index contributed by atoms with van der Waals surface area (Å²) < 4.78 is 11.1. The second-order valence-corrected chi connectivity index (χ2v) is 7.08. The van der Waals surface area contributed by atoms with Crippen LogP contribution in [0.25, 0.3) is 0 Å². The summed E-state index contributed by atoms with van der Waals surface area (Å²) in [6.07, 6.45) is 2.69. The Bertz CT molecular complexity index is 634. The molecule has 0 aromatic rings. The third-order valence-corrected chi connectivity index (χ3v) is 3.95. The zero-order valence-corrected chi connectivity index (χ0v) is 17.2. The van der Waals surface area contributed by atoms with Crippen molar-refractivity contribution in [1.82, 2.24) is 9.80 Å². The number of piperazine rings is 1. The van der Waals surface area contributed by atoms with Crippen LogP contribution in [0.4, 0.5) is 4.79 Å². The number of nitrogens with zero attached hydrogens (tertiary/aromatic N) is 3. The predicted molar refractivity (Wildman–Crippen MR) is 104 cm³/mol. The third kappa shape index (κ3) is 6.01. The Morgan fingerprint density at radius 3 is 2.52 bits per heavy atom. The van der Waals surface area contributed by atoms with Gasteiger partial charge in [-0.1, -0.05) is 20.4 Å². The molecule has 27 heavy (non-hydrogen) atoms. The smallest absolute Gasteiger partial charge is 0.410 e. The fraction of sp³-hybridized carbons (Fsp3) is 0.632. The maximum Gasteiger partial charge on any atom is 0.410 e. The van der Waals surface area contributed by atoms with Crippen molar-refractivity contribution in [2.24, 2.45) is 0 Å². The van der Waals surface area contributed by atoms with Crippen molar-refractivity contribution in [3.63, 3.8) is 0 Å². The molecule has 1 atom stereocenters. The summed E-state index contributed by atoms with van der Waals surface area (Å²) in [5, 5.41) is 11.0. The van der Waals surface area contributed by atoms with Gasteiger partial charge in [-0.3, -0.25) is 10.1 Å². The van der Waals surface area contributed by atoms with Crippen LogP contribution in [0.15, 0.2) is 35.9 Å². The maximum absolute atomic E-state index is 12.3. The maximum atomic E-state index is 12.3. The van der Waals surface area contributed by atoms with Gasteiger partial charge in [0.2, 0.25) is 5.70 Å². The molecule has 1 amide bonds. The highest BCUT2D eigenvalue weighted by Gasteiger charge is 2.36. The number of fused-ring (bicyclic) bond motifs is 1. The van der Waals surface area contributed by atoms with E-state index < -0.39 is 10.5 Å². The molecule has 8 nitrogen and oxygen atoms in total. The second-order valence-electron chi connectivity index (χ2n) is 7.08. The van der Waals surface area contributed by atoms with Gasteiger partial charge in [0.1, 0.15) is 18.0 Å². The molecule has 0 N–H and O–H groups in total. The first-order chi connectivity index (χ1) is 12.6. The van der Waals surface area contributed by atoms with Crippen molar-refractivity contribution in [2.45, 2.75) is 53.2 Å². The van der Waals surface area contributed by atoms with Gasteiger partial charge in [-0.05, 0) is 26.8 Å². The number of carbonyl (C=O) groups is 1. The molecule has 0 aromatic heterocycles. The van der Waals surface area contributed by atoms with E-state index in [1.807, 2.05) is 39.5 Å². The molecule has 0 aromatic carbocycles. The first-order valence-electron chi connectivity index (χ1n) is 9.19. The lowest BCUT2D eigenvalue weighted by atomic mass is 10.1. The van der Waals surface area contributed by atoms with Crippen LogP contribution in [0.5, 0.6) is 0 Å². The molecule has 2 heterocycles. The van der Waals surface area contributed by atoms with Gasteiger partial charge in [0.05, 0.1) is 16.7 Å². The van der Waals surface area contributed by atoms with Gasteiger partial charge in [-0.15, -0.1) is 0 Å². The van der Waals surface area contributed by atoms with Crippen LogP contribution in [0, 0.1) is 10.1 Å². The molecule has 0 radical (unpaired) electrons. The fourth-order valence-corrected chi connectivity index (χ4v) is 2.78. The number of ether oxygens (including phenoxy) is 2. The molecular formula is C19H31N3O5. The van der Waals surface area contributed by atoms with Crippen molar-refractivity contribution in [2.75, 3.05) is 26.2 Å². The molecule has 152 valence electrons. The van der Waals surface area contributed by atoms with Gasteiger partial charge >= 0.3 is 6.09 Å². The van der Waals surface area contributed by atoms with E-state index >= 15 is 0 Å². The largest absolute Gasteiger partial charge is 0.489 e. The van der Waals surface area contributed by atoms with Crippen LogP contribution in [-0.2, 0) is 9.47 Å². The highest BCUT2D eigenvalue weighted by atomic mass is 16.6. The van der Waals surface area contributed by atoms with Crippen LogP contribution in [-0.4, -0.2) is 58.7 Å². The lowest BCUT2D eigenvalue weighted by molar-refractivity contribution is -0.424. The Kier molecular flexibility index (Phi) is 7.87. The van der Waals surface area contributed by atoms with Gasteiger partial charge < -0.3 is 19.3 Å². The first kappa shape index (κ1) is 22.5. The lowest BCUT2D eigenvalue weighted by Crippen LogP contribution is -2.57. The van der Waals surface area contributed by atoms with Crippen LogP contribution in [0.2, 0.25) is 0 Å². The Morgan fingerprint density at radius 2 is 2.00 bits per heavy atom. The van der Waals surface area contributed by atoms with E-state index in [1.54, 1.807) is 11.0 Å². The third-order valence-electron chi connectivity index (χ3n) is 3.95. The van der Waals surface area contributed by atoms with E-state index in [2.05, 4.69) is 6.58 Å². The van der Waals surface area contributed by atoms with E-state index in [0.29, 0.717) is 37.7 Å². The fourth-order valence-electron chi connectivity index (χ4n) is 2.78. The number of allylic oxidation sites excluding steroid dienone is 3. The summed E-state index contributed by atoms with van der Waals surface area (Å²) in [5.41, 5.74) is 0.0988. The Labute approximate surface area is 161 Å². The van der Waals surface area contributed by atoms with E-state index in [0.717, 1.165) is 0 Å². The van der Waals surface area contributed by atoms with Gasteiger partial charge in [0.15, 0.2) is 0 Å². The highest BCUT2D eigenvalue weighted by molar-refractivity contribution is 5.68. The monoisotopic (exact) mass is 381 g/mol. The van der Waals surface area contributed by atoms with Crippen LogP contribution in [0.3, 0.4) is 0 Å². The number of nitro groups is 1. The number of hydrogen-bond acceptors (Lipinski definition) is 6. The van der Waals surface area contributed by atoms with Crippen molar-refractivity contribution in [3.05, 3.63) is 46.0 Å². The van der Waals surface area contributed by atoms with Gasteiger partial charge in [-0.25, -0.2) is 4.79 Å². The molecule has 1 fully saturated rings. The molecule has 1 saturated heterocycles. The van der Waals surface area contributed by atoms with Crippen molar-refractivity contribution in [1.29, 1.82) is 0 Å². The Morgan fingerprint density at radius 1 is 1.37 bits per heavy atom. The topological polar surface area (TPSA) is 85.2 Å². The summed E-state index contributed by atoms with van der Waals surface area (Å²) in [6.45, 7) is 16.5. The van der Waals surface area contributed by atoms with Crippen LogP contribution in [0.1, 0.15) is 41.5 Å². The zero-order valence-electron chi connectivity index (χ0n) is 17.2. The Hall–Kier alpha value is -2.51. The first-order valence-corrected chi connectivity index (χ1v) is 9.19. The summed E-state index contributed by atoms with van der Waals surface area (Å²) in [6, 6.07) is -0.0872. The average molecular weight is 381 g/mol. The molecule has 2 aliphatic heterocycles. The Balaban J connectivity index is 0.00000176. The zero-order chi connectivity index (χ0) is 20.8. The normalized spacial score (nSPS) is 20.1. The van der Waals surface area contributed by atoms with Gasteiger partial charge in [-0.2, -0.15) is 0 Å². The molecule has 0 spiro atoms. The molecule has 0 saturated carbocycles. The molecule has 0 bridgehead atoms. The standard InChI is InChI=1S/C17H25N3O5.C2H6/c1-6-15-14(9-12(2)20(22)23)19-8-7-18(10-13(19)11-24-15)16(21)25-17(3,4)5;1-2/h6,9,13H,1,7-8,10-11H2,2-5H3;1-2H3/b12-9+;. The van der Waals surface area contributed by atoms with Gasteiger partial charge in [0.25, 0.3) is 0 Å². The summed E-state index contributed by atoms with van der Waals surface area (Å²) in [5.74, 6) is 0.517. The number of carbonyl (C=O) groups excluding carboxylic acids is 1. The van der Waals surface area contributed by atoms with Gasteiger partial charge in [0, 0.05) is 32.6 Å². The molecule has 2 rings (SSSR count). The summed E-state index contributed by atoms with van der Waals surface area (Å²) in [7, 11) is 0. The van der Waals surface area contributed by atoms with E-state index in [9.17, 15) is 14.9 Å². The molecule has 2 aliphatic rings. The molecule has 1 unspecified atom stereocenters. The SMILES string of the molecule is C=CC1=C(/C=C(\C)[N+](=O)[O-])N2CCN(C(=O)OC(C)(C)C)CC2CO1.CC. The van der Waals surface area contributed by atoms with Crippen molar-refractivity contribution in [3.8, 4) is 0 Å². The van der Waals surface area contributed by atoms with Crippen LogP contribution >= 0.6 is 0 Å². The van der Waals surface area contributed by atoms with E-state index in [-0.39, 0.29) is 17.8 Å². The number of hydrogen-bond donors (Lipinski definition) is 0. The number of rotatable bonds is 3. The van der Waals surface area contributed by atoms with Crippen molar-refractivity contribution < 1.29 is 19.2 Å². The van der Waals surface area contributed by atoms with Crippen LogP contribution < -0.4 is 0 Å². The predicted octanol–water partition coefficient (Wildman–Crippen LogP) is 3.54. The summed E-state index contributed by atoms with van der Waals surface area (Å²) in [4.78, 5) is 26.5. The lowest BCUT2D eigenvalue weighted by Gasteiger charge is -2.45.